The molecule has 2 aromatic rings. The van der Waals surface area contributed by atoms with Crippen LogP contribution in [-0.2, 0) is 14.3 Å². The first-order valence-corrected chi connectivity index (χ1v) is 9.56. The maximum atomic E-state index is 12.3. The lowest BCUT2D eigenvalue weighted by Gasteiger charge is -2.30. The standard InChI is InChI=1S/C17H16Cl2N2O4S/c18-10-3-4-11-12(6-10)26-15(14(11)19)17(24)25-8-13(22)21-5-1-2-9(7-21)16(20)23/h3-4,6,9H,1-2,5,7-8H2,(H2,20,23)/t9-/m1/s1. The van der Waals surface area contributed by atoms with Gasteiger partial charge in [0.15, 0.2) is 6.61 Å². The summed E-state index contributed by atoms with van der Waals surface area (Å²) < 4.78 is 5.89. The average molecular weight is 415 g/mol. The summed E-state index contributed by atoms with van der Waals surface area (Å²) in [5.41, 5.74) is 5.31. The Balaban J connectivity index is 1.64. The number of hydrogen-bond donors (Lipinski definition) is 1. The van der Waals surface area contributed by atoms with E-state index >= 15 is 0 Å². The molecule has 1 aromatic carbocycles. The SMILES string of the molecule is NC(=O)[C@@H]1CCCN(C(=O)COC(=O)c2sc3cc(Cl)ccc3c2Cl)C1. The van der Waals surface area contributed by atoms with Gasteiger partial charge in [-0.2, -0.15) is 0 Å². The maximum absolute atomic E-state index is 12.3. The van der Waals surface area contributed by atoms with E-state index in [0.29, 0.717) is 29.8 Å². The highest BCUT2D eigenvalue weighted by molar-refractivity contribution is 7.21. The molecule has 1 saturated heterocycles. The van der Waals surface area contributed by atoms with Crippen LogP contribution in [-0.4, -0.2) is 42.4 Å². The Labute approximate surface area is 163 Å². The largest absolute Gasteiger partial charge is 0.451 e. The molecule has 138 valence electrons. The molecule has 9 heteroatoms. The number of amides is 2. The van der Waals surface area contributed by atoms with Crippen LogP contribution in [0.3, 0.4) is 0 Å². The Morgan fingerprint density at radius 2 is 2.08 bits per heavy atom. The summed E-state index contributed by atoms with van der Waals surface area (Å²) in [5.74, 6) is -1.80. The molecule has 1 aliphatic heterocycles. The van der Waals surface area contributed by atoms with Gasteiger partial charge in [-0.25, -0.2) is 4.79 Å². The third kappa shape index (κ3) is 3.95. The van der Waals surface area contributed by atoms with Crippen LogP contribution in [0.15, 0.2) is 18.2 Å². The van der Waals surface area contributed by atoms with Crippen LogP contribution in [0.4, 0.5) is 0 Å². The number of hydrogen-bond acceptors (Lipinski definition) is 5. The molecular weight excluding hydrogens is 399 g/mol. The molecule has 2 N–H and O–H groups in total. The Morgan fingerprint density at radius 3 is 2.81 bits per heavy atom. The number of piperidine rings is 1. The van der Waals surface area contributed by atoms with Gasteiger partial charge in [-0.1, -0.05) is 29.3 Å². The molecule has 6 nitrogen and oxygen atoms in total. The van der Waals surface area contributed by atoms with Gasteiger partial charge in [0.2, 0.25) is 5.91 Å². The number of fused-ring (bicyclic) bond motifs is 1. The molecule has 2 heterocycles. The third-order valence-corrected chi connectivity index (χ3v) is 6.15. The minimum atomic E-state index is -0.663. The van der Waals surface area contributed by atoms with Gasteiger partial charge in [-0.15, -0.1) is 11.3 Å². The summed E-state index contributed by atoms with van der Waals surface area (Å²) in [6, 6.07) is 5.13. The van der Waals surface area contributed by atoms with Crippen molar-refractivity contribution in [1.29, 1.82) is 0 Å². The van der Waals surface area contributed by atoms with Crippen molar-refractivity contribution >= 4 is 62.4 Å². The number of nitrogens with zero attached hydrogens (tertiary/aromatic N) is 1. The van der Waals surface area contributed by atoms with Crippen molar-refractivity contribution in [2.24, 2.45) is 11.7 Å². The lowest BCUT2D eigenvalue weighted by Crippen LogP contribution is -2.45. The third-order valence-electron chi connectivity index (χ3n) is 4.28. The van der Waals surface area contributed by atoms with E-state index in [1.54, 1.807) is 18.2 Å². The van der Waals surface area contributed by atoms with Crippen molar-refractivity contribution < 1.29 is 19.1 Å². The van der Waals surface area contributed by atoms with Crippen LogP contribution in [0.2, 0.25) is 10.0 Å². The molecular formula is C17H16Cl2N2O4S. The molecule has 0 spiro atoms. The van der Waals surface area contributed by atoms with E-state index in [9.17, 15) is 14.4 Å². The van der Waals surface area contributed by atoms with Gasteiger partial charge in [0.05, 0.1) is 10.9 Å². The van der Waals surface area contributed by atoms with Gasteiger partial charge in [0.1, 0.15) is 4.88 Å². The smallest absolute Gasteiger partial charge is 0.350 e. The van der Waals surface area contributed by atoms with Crippen LogP contribution in [0.5, 0.6) is 0 Å². The average Bonchev–Trinajstić information content (AvgIpc) is 2.95. The van der Waals surface area contributed by atoms with Crippen molar-refractivity contribution in [3.8, 4) is 0 Å². The fourth-order valence-electron chi connectivity index (χ4n) is 2.89. The van der Waals surface area contributed by atoms with E-state index in [0.717, 1.165) is 16.0 Å². The summed E-state index contributed by atoms with van der Waals surface area (Å²) in [5, 5.41) is 1.53. The fourth-order valence-corrected chi connectivity index (χ4v) is 4.57. The molecule has 0 radical (unpaired) electrons. The van der Waals surface area contributed by atoms with Crippen molar-refractivity contribution in [2.75, 3.05) is 19.7 Å². The maximum Gasteiger partial charge on any atom is 0.350 e. The number of esters is 1. The second-order valence-electron chi connectivity index (χ2n) is 6.04. The van der Waals surface area contributed by atoms with Crippen LogP contribution < -0.4 is 5.73 Å². The predicted molar refractivity (Wildman–Crippen MR) is 101 cm³/mol. The second-order valence-corrected chi connectivity index (χ2v) is 7.91. The topological polar surface area (TPSA) is 89.7 Å². The number of thiophene rings is 1. The lowest BCUT2D eigenvalue weighted by molar-refractivity contribution is -0.137. The summed E-state index contributed by atoms with van der Waals surface area (Å²) in [6.45, 7) is 0.367. The number of primary amides is 1. The Kier molecular flexibility index (Phi) is 5.70. The second kappa shape index (κ2) is 7.82. The molecule has 1 fully saturated rings. The summed E-state index contributed by atoms with van der Waals surface area (Å²) in [6.07, 6.45) is 1.36. The molecule has 0 saturated carbocycles. The first-order chi connectivity index (χ1) is 12.4. The normalized spacial score (nSPS) is 17.3. The van der Waals surface area contributed by atoms with Crippen molar-refractivity contribution in [3.63, 3.8) is 0 Å². The molecule has 0 bridgehead atoms. The quantitative estimate of drug-likeness (QED) is 0.778. The van der Waals surface area contributed by atoms with Gasteiger partial charge < -0.3 is 15.4 Å². The molecule has 1 aliphatic rings. The van der Waals surface area contributed by atoms with Gasteiger partial charge >= 0.3 is 5.97 Å². The van der Waals surface area contributed by atoms with E-state index in [-0.39, 0.29) is 28.3 Å². The number of ether oxygens (including phenoxy) is 1. The zero-order chi connectivity index (χ0) is 18.8. The molecule has 2 amide bonds. The first kappa shape index (κ1) is 18.9. The number of likely N-dealkylation sites (tertiary alicyclic amines) is 1. The Morgan fingerprint density at radius 1 is 1.31 bits per heavy atom. The zero-order valence-corrected chi connectivity index (χ0v) is 16.0. The highest BCUT2D eigenvalue weighted by Gasteiger charge is 2.28. The number of carbonyl (C=O) groups excluding carboxylic acids is 3. The first-order valence-electron chi connectivity index (χ1n) is 7.98. The zero-order valence-electron chi connectivity index (χ0n) is 13.7. The van der Waals surface area contributed by atoms with E-state index in [4.69, 9.17) is 33.7 Å². The highest BCUT2D eigenvalue weighted by atomic mass is 35.5. The summed E-state index contributed by atoms with van der Waals surface area (Å²) in [7, 11) is 0. The van der Waals surface area contributed by atoms with Crippen LogP contribution in [0.1, 0.15) is 22.5 Å². The minimum Gasteiger partial charge on any atom is -0.451 e. The molecule has 0 unspecified atom stereocenters. The molecule has 1 aromatic heterocycles. The van der Waals surface area contributed by atoms with E-state index in [1.165, 1.54) is 4.90 Å². The molecule has 3 rings (SSSR count). The van der Waals surface area contributed by atoms with Gasteiger partial charge in [0.25, 0.3) is 5.91 Å². The van der Waals surface area contributed by atoms with Crippen LogP contribution in [0.25, 0.3) is 10.1 Å². The van der Waals surface area contributed by atoms with Crippen molar-refractivity contribution in [1.82, 2.24) is 4.90 Å². The summed E-state index contributed by atoms with van der Waals surface area (Å²) in [4.78, 5) is 37.6. The van der Waals surface area contributed by atoms with Gasteiger partial charge in [0, 0.05) is 28.2 Å². The Bertz CT molecular complexity index is 883. The highest BCUT2D eigenvalue weighted by Crippen LogP contribution is 2.37. The predicted octanol–water partition coefficient (Wildman–Crippen LogP) is 3.09. The number of carbonyl (C=O) groups is 3. The number of halogens is 2. The fraction of sp³-hybridized carbons (Fsp3) is 0.353. The van der Waals surface area contributed by atoms with Gasteiger partial charge in [-0.3, -0.25) is 9.59 Å². The van der Waals surface area contributed by atoms with Crippen molar-refractivity contribution in [2.45, 2.75) is 12.8 Å². The Hall–Kier alpha value is -1.83. The van der Waals surface area contributed by atoms with Crippen molar-refractivity contribution in [3.05, 3.63) is 33.1 Å². The molecule has 1 atom stereocenters. The van der Waals surface area contributed by atoms with E-state index in [1.807, 2.05) is 0 Å². The number of rotatable bonds is 4. The molecule has 26 heavy (non-hydrogen) atoms. The number of nitrogens with two attached hydrogens (primary N) is 1. The van der Waals surface area contributed by atoms with Crippen LogP contribution in [0, 0.1) is 5.92 Å². The van der Waals surface area contributed by atoms with Crippen LogP contribution >= 0.6 is 34.5 Å². The number of benzene rings is 1. The summed E-state index contributed by atoms with van der Waals surface area (Å²) >= 11 is 13.3. The monoisotopic (exact) mass is 414 g/mol. The minimum absolute atomic E-state index is 0.227. The molecule has 0 aliphatic carbocycles. The van der Waals surface area contributed by atoms with Gasteiger partial charge in [-0.05, 0) is 25.0 Å². The van der Waals surface area contributed by atoms with E-state index < -0.39 is 18.5 Å². The van der Waals surface area contributed by atoms with E-state index in [2.05, 4.69) is 0 Å². The lowest BCUT2D eigenvalue weighted by atomic mass is 9.97.